The van der Waals surface area contributed by atoms with Gasteiger partial charge in [-0.25, -0.2) is 9.48 Å². The molecule has 0 unspecified atom stereocenters. The highest BCUT2D eigenvalue weighted by Crippen LogP contribution is 2.27. The van der Waals surface area contributed by atoms with Crippen LogP contribution < -0.4 is 10.6 Å². The number of amides is 3. The van der Waals surface area contributed by atoms with Gasteiger partial charge in [0.05, 0.1) is 11.4 Å². The zero-order valence-electron chi connectivity index (χ0n) is 20.2. The van der Waals surface area contributed by atoms with E-state index < -0.39 is 0 Å². The molecule has 0 bridgehead atoms. The van der Waals surface area contributed by atoms with Crippen molar-refractivity contribution >= 4 is 17.8 Å². The Morgan fingerprint density at radius 3 is 2.39 bits per heavy atom. The number of nitrogens with one attached hydrogen (secondary N) is 2. The largest absolute Gasteiger partial charge is 0.338 e. The Hall–Kier alpha value is -2.83. The van der Waals surface area contributed by atoms with Crippen molar-refractivity contribution in [2.45, 2.75) is 60.8 Å². The van der Waals surface area contributed by atoms with E-state index >= 15 is 0 Å². The smallest absolute Gasteiger partial charge is 0.317 e. The van der Waals surface area contributed by atoms with Gasteiger partial charge in [0.15, 0.2) is 0 Å². The average Bonchev–Trinajstić information content (AvgIpc) is 3.04. The van der Waals surface area contributed by atoms with Gasteiger partial charge in [0, 0.05) is 24.6 Å². The van der Waals surface area contributed by atoms with Gasteiger partial charge in [-0.1, -0.05) is 52.3 Å². The van der Waals surface area contributed by atoms with Crippen LogP contribution >= 0.6 is 0 Å². The summed E-state index contributed by atoms with van der Waals surface area (Å²) < 4.78 is 1.78. The van der Waals surface area contributed by atoms with Crippen LogP contribution in [0.2, 0.25) is 0 Å². The van der Waals surface area contributed by atoms with Crippen LogP contribution in [0.5, 0.6) is 0 Å². The monoisotopic (exact) mass is 427 g/mol. The number of aryl methyl sites for hydroxylation is 2. The summed E-state index contributed by atoms with van der Waals surface area (Å²) in [7, 11) is 0. The molecule has 7 heteroatoms. The van der Waals surface area contributed by atoms with Crippen molar-refractivity contribution in [2.24, 2.45) is 5.92 Å². The number of hydrogen-bond acceptors (Lipinski definition) is 3. The summed E-state index contributed by atoms with van der Waals surface area (Å²) in [5.74, 6) is 0.601. The lowest BCUT2D eigenvalue weighted by Crippen LogP contribution is -2.45. The Labute approximate surface area is 186 Å². The average molecular weight is 428 g/mol. The molecule has 0 atom stereocenters. The lowest BCUT2D eigenvalue weighted by atomic mass is 9.92. The van der Waals surface area contributed by atoms with Crippen molar-refractivity contribution in [3.63, 3.8) is 0 Å². The SMILES string of the molecule is CCNC(=O)N(CC(=O)Nc1cc(C(C)(C)C)nn1-c1ccc(C)cc1C)CC(C)C. The summed E-state index contributed by atoms with van der Waals surface area (Å²) >= 11 is 0. The molecule has 31 heavy (non-hydrogen) atoms. The first-order chi connectivity index (χ1) is 14.4. The molecule has 2 N–H and O–H groups in total. The topological polar surface area (TPSA) is 79.3 Å². The number of hydrogen-bond donors (Lipinski definition) is 2. The van der Waals surface area contributed by atoms with Crippen LogP contribution in [0.4, 0.5) is 10.6 Å². The Kier molecular flexibility index (Phi) is 7.87. The lowest BCUT2D eigenvalue weighted by Gasteiger charge is -2.24. The van der Waals surface area contributed by atoms with Crippen LogP contribution in [-0.4, -0.2) is 46.3 Å². The van der Waals surface area contributed by atoms with E-state index in [0.29, 0.717) is 18.9 Å². The third-order valence-electron chi connectivity index (χ3n) is 4.86. The van der Waals surface area contributed by atoms with Gasteiger partial charge in [0.25, 0.3) is 0 Å². The molecule has 1 aromatic carbocycles. The number of nitrogens with zero attached hydrogens (tertiary/aromatic N) is 3. The van der Waals surface area contributed by atoms with Crippen LogP contribution in [0.15, 0.2) is 24.3 Å². The van der Waals surface area contributed by atoms with Crippen molar-refractivity contribution in [3.8, 4) is 5.69 Å². The Morgan fingerprint density at radius 2 is 1.84 bits per heavy atom. The van der Waals surface area contributed by atoms with E-state index in [1.54, 1.807) is 9.58 Å². The summed E-state index contributed by atoms with van der Waals surface area (Å²) in [6.07, 6.45) is 0. The van der Waals surface area contributed by atoms with E-state index in [4.69, 9.17) is 5.10 Å². The normalized spacial score (nSPS) is 11.5. The van der Waals surface area contributed by atoms with Gasteiger partial charge in [0.1, 0.15) is 12.4 Å². The molecule has 2 aromatic rings. The van der Waals surface area contributed by atoms with E-state index in [0.717, 1.165) is 16.9 Å². The minimum atomic E-state index is -0.252. The summed E-state index contributed by atoms with van der Waals surface area (Å²) in [5, 5.41) is 10.6. The summed E-state index contributed by atoms with van der Waals surface area (Å²) in [5.41, 5.74) is 3.86. The summed E-state index contributed by atoms with van der Waals surface area (Å²) in [6, 6.07) is 7.82. The Bertz CT molecular complexity index is 925. The zero-order valence-corrected chi connectivity index (χ0v) is 20.2. The van der Waals surface area contributed by atoms with Crippen LogP contribution in [0.25, 0.3) is 5.69 Å². The summed E-state index contributed by atoms with van der Waals surface area (Å²) in [4.78, 5) is 26.9. The Balaban J connectivity index is 2.35. The fraction of sp³-hybridized carbons (Fsp3) is 0.542. The second-order valence-electron chi connectivity index (χ2n) is 9.52. The molecule has 0 spiro atoms. The van der Waals surface area contributed by atoms with Gasteiger partial charge in [-0.05, 0) is 38.3 Å². The van der Waals surface area contributed by atoms with Crippen LogP contribution in [-0.2, 0) is 10.2 Å². The van der Waals surface area contributed by atoms with Crippen molar-refractivity contribution in [2.75, 3.05) is 25.0 Å². The summed E-state index contributed by atoms with van der Waals surface area (Å²) in [6.45, 7) is 17.3. The number of aromatic nitrogens is 2. The number of carbonyl (C=O) groups excluding carboxylic acids is 2. The highest BCUT2D eigenvalue weighted by molar-refractivity contribution is 5.94. The first kappa shape index (κ1) is 24.4. The van der Waals surface area contributed by atoms with E-state index in [-0.39, 0.29) is 29.8 Å². The lowest BCUT2D eigenvalue weighted by molar-refractivity contribution is -0.116. The van der Waals surface area contributed by atoms with Gasteiger partial charge in [-0.15, -0.1) is 0 Å². The predicted octanol–water partition coefficient (Wildman–Crippen LogP) is 4.41. The molecule has 0 aliphatic heterocycles. The molecule has 2 rings (SSSR count). The van der Waals surface area contributed by atoms with E-state index in [9.17, 15) is 9.59 Å². The maximum absolute atomic E-state index is 12.9. The minimum Gasteiger partial charge on any atom is -0.338 e. The molecule has 0 fully saturated rings. The minimum absolute atomic E-state index is 0.0209. The number of benzene rings is 1. The molecule has 0 aliphatic carbocycles. The number of anilines is 1. The van der Waals surface area contributed by atoms with Gasteiger partial charge in [-0.2, -0.15) is 5.10 Å². The first-order valence-corrected chi connectivity index (χ1v) is 10.9. The standard InChI is InChI=1S/C24H37N5O2/c1-9-25-23(31)28(14-16(2)3)15-22(30)26-21-13-20(24(6,7)8)27-29(21)19-11-10-17(4)12-18(19)5/h10-13,16H,9,14-15H2,1-8H3,(H,25,31)(H,26,30). The van der Waals surface area contributed by atoms with Gasteiger partial charge in [0.2, 0.25) is 5.91 Å². The van der Waals surface area contributed by atoms with Crippen molar-refractivity contribution < 1.29 is 9.59 Å². The maximum Gasteiger partial charge on any atom is 0.317 e. The van der Waals surface area contributed by atoms with Crippen LogP contribution in [0.3, 0.4) is 0 Å². The predicted molar refractivity (Wildman–Crippen MR) is 126 cm³/mol. The number of rotatable bonds is 7. The highest BCUT2D eigenvalue weighted by Gasteiger charge is 2.23. The van der Waals surface area contributed by atoms with Crippen molar-refractivity contribution in [1.29, 1.82) is 0 Å². The second-order valence-corrected chi connectivity index (χ2v) is 9.52. The van der Waals surface area contributed by atoms with Crippen LogP contribution in [0.1, 0.15) is 58.4 Å². The van der Waals surface area contributed by atoms with E-state index in [1.807, 2.05) is 52.8 Å². The third kappa shape index (κ3) is 6.57. The fourth-order valence-electron chi connectivity index (χ4n) is 3.34. The van der Waals surface area contributed by atoms with Gasteiger partial charge in [-0.3, -0.25) is 4.79 Å². The van der Waals surface area contributed by atoms with E-state index in [2.05, 4.69) is 37.5 Å². The van der Waals surface area contributed by atoms with Crippen molar-refractivity contribution in [1.82, 2.24) is 20.0 Å². The van der Waals surface area contributed by atoms with Gasteiger partial charge < -0.3 is 15.5 Å². The molecule has 7 nitrogen and oxygen atoms in total. The molecule has 1 heterocycles. The van der Waals surface area contributed by atoms with E-state index in [1.165, 1.54) is 5.56 Å². The molecule has 0 saturated carbocycles. The molecular weight excluding hydrogens is 390 g/mol. The quantitative estimate of drug-likeness (QED) is 0.687. The van der Waals surface area contributed by atoms with Crippen LogP contribution in [0, 0.1) is 19.8 Å². The first-order valence-electron chi connectivity index (χ1n) is 10.9. The van der Waals surface area contributed by atoms with Gasteiger partial charge >= 0.3 is 6.03 Å². The molecule has 1 aromatic heterocycles. The molecule has 3 amide bonds. The molecular formula is C24H37N5O2. The maximum atomic E-state index is 12.9. The Morgan fingerprint density at radius 1 is 1.16 bits per heavy atom. The fourth-order valence-corrected chi connectivity index (χ4v) is 3.34. The molecule has 0 aliphatic rings. The van der Waals surface area contributed by atoms with Crippen molar-refractivity contribution in [3.05, 3.63) is 41.1 Å². The molecule has 0 radical (unpaired) electrons. The zero-order chi connectivity index (χ0) is 23.3. The molecule has 0 saturated heterocycles. The molecule has 170 valence electrons. The number of urea groups is 1. The second kappa shape index (κ2) is 9.98. The number of carbonyl (C=O) groups is 2. The third-order valence-corrected chi connectivity index (χ3v) is 4.86. The highest BCUT2D eigenvalue weighted by atomic mass is 16.2.